The lowest BCUT2D eigenvalue weighted by Gasteiger charge is -2.09. The Balaban J connectivity index is 1.49. The molecule has 0 spiro atoms. The Bertz CT molecular complexity index is 958. The summed E-state index contributed by atoms with van der Waals surface area (Å²) in [5.74, 6) is 1.20. The van der Waals surface area contributed by atoms with Crippen LogP contribution < -0.4 is 14.2 Å². The van der Waals surface area contributed by atoms with Crippen LogP contribution in [0.4, 0.5) is 4.39 Å². The Kier molecular flexibility index (Phi) is 6.62. The van der Waals surface area contributed by atoms with Gasteiger partial charge in [0.05, 0.1) is 20.6 Å². The van der Waals surface area contributed by atoms with Gasteiger partial charge >= 0.3 is 5.97 Å². The van der Waals surface area contributed by atoms with E-state index < -0.39 is 5.97 Å². The van der Waals surface area contributed by atoms with Crippen LogP contribution in [0.2, 0.25) is 0 Å². The molecule has 3 rings (SSSR count). The van der Waals surface area contributed by atoms with Crippen molar-refractivity contribution >= 4 is 5.97 Å². The van der Waals surface area contributed by atoms with Crippen molar-refractivity contribution in [3.05, 3.63) is 65.6 Å². The van der Waals surface area contributed by atoms with Crippen molar-refractivity contribution in [1.29, 1.82) is 0 Å². The lowest BCUT2D eigenvalue weighted by atomic mass is 10.1. The third-order valence-corrected chi connectivity index (χ3v) is 3.88. The number of hydrogen-bond acceptors (Lipinski definition) is 8. The first-order chi connectivity index (χ1) is 14.1. The number of methoxy groups -OCH3 is 2. The van der Waals surface area contributed by atoms with E-state index >= 15 is 0 Å². The molecule has 0 radical (unpaired) electrons. The van der Waals surface area contributed by atoms with E-state index in [0.29, 0.717) is 22.8 Å². The van der Waals surface area contributed by atoms with Crippen molar-refractivity contribution in [2.45, 2.75) is 19.6 Å². The summed E-state index contributed by atoms with van der Waals surface area (Å²) in [6.07, 6.45) is 0.0157. The van der Waals surface area contributed by atoms with Crippen LogP contribution >= 0.6 is 0 Å². The summed E-state index contributed by atoms with van der Waals surface area (Å²) < 4.78 is 38.9. The van der Waals surface area contributed by atoms with Crippen LogP contribution in [0, 0.1) is 5.82 Å². The summed E-state index contributed by atoms with van der Waals surface area (Å²) in [4.78, 5) is 16.2. The summed E-state index contributed by atoms with van der Waals surface area (Å²) in [5, 5.41) is 3.75. The molecule has 0 N–H and O–H groups in total. The molecule has 0 amide bonds. The van der Waals surface area contributed by atoms with Gasteiger partial charge in [-0.2, -0.15) is 4.98 Å². The van der Waals surface area contributed by atoms with Crippen molar-refractivity contribution in [2.24, 2.45) is 0 Å². The fourth-order valence-electron chi connectivity index (χ4n) is 2.43. The minimum Gasteiger partial charge on any atom is -0.497 e. The molecule has 0 aliphatic heterocycles. The molecule has 3 aromatic rings. The lowest BCUT2D eigenvalue weighted by Crippen LogP contribution is -2.09. The maximum absolute atomic E-state index is 12.9. The van der Waals surface area contributed by atoms with Gasteiger partial charge in [0.25, 0.3) is 5.89 Å². The van der Waals surface area contributed by atoms with Crippen LogP contribution in [0.25, 0.3) is 0 Å². The highest BCUT2D eigenvalue weighted by Gasteiger charge is 2.14. The Labute approximate surface area is 166 Å². The molecule has 0 bridgehead atoms. The number of carbonyl (C=O) groups is 1. The summed E-state index contributed by atoms with van der Waals surface area (Å²) >= 11 is 0. The molecule has 0 fully saturated rings. The van der Waals surface area contributed by atoms with Gasteiger partial charge in [-0.3, -0.25) is 4.79 Å². The topological polar surface area (TPSA) is 92.9 Å². The van der Waals surface area contributed by atoms with Gasteiger partial charge in [-0.05, 0) is 30.3 Å². The first kappa shape index (κ1) is 20.1. The minimum absolute atomic E-state index is 0.0157. The van der Waals surface area contributed by atoms with Gasteiger partial charge in [0.2, 0.25) is 5.82 Å². The average molecular weight is 402 g/mol. The molecule has 0 aliphatic rings. The molecule has 0 atom stereocenters. The maximum atomic E-state index is 12.9. The zero-order valence-electron chi connectivity index (χ0n) is 15.9. The van der Waals surface area contributed by atoms with E-state index in [1.807, 2.05) is 0 Å². The normalized spacial score (nSPS) is 10.4. The molecule has 152 valence electrons. The number of benzene rings is 2. The molecule has 0 aliphatic carbocycles. The smallest absolute Gasteiger partial charge is 0.310 e. The second-order valence-electron chi connectivity index (χ2n) is 5.86. The summed E-state index contributed by atoms with van der Waals surface area (Å²) in [5.41, 5.74) is 0.664. The zero-order chi connectivity index (χ0) is 20.6. The van der Waals surface area contributed by atoms with Crippen LogP contribution in [0.5, 0.6) is 17.2 Å². The maximum Gasteiger partial charge on any atom is 0.310 e. The summed E-state index contributed by atoms with van der Waals surface area (Å²) in [6.45, 7) is -0.132. The van der Waals surface area contributed by atoms with Crippen LogP contribution in [-0.2, 0) is 29.2 Å². The Morgan fingerprint density at radius 1 is 1.03 bits per heavy atom. The lowest BCUT2D eigenvalue weighted by molar-refractivity contribution is -0.144. The number of nitrogens with zero attached hydrogens (tertiary/aromatic N) is 2. The number of aromatic nitrogens is 2. The molecule has 2 aromatic carbocycles. The largest absolute Gasteiger partial charge is 0.497 e. The summed E-state index contributed by atoms with van der Waals surface area (Å²) in [6, 6.07) is 10.7. The predicted octanol–water partition coefficient (Wildman–Crippen LogP) is 3.09. The molecule has 0 unspecified atom stereocenters. The van der Waals surface area contributed by atoms with Crippen molar-refractivity contribution < 1.29 is 32.7 Å². The number of rotatable bonds is 9. The SMILES string of the molecule is COc1ccc(CC(=O)OCc2nc(COc3ccc(F)cc3)no2)c(OC)c1. The highest BCUT2D eigenvalue weighted by atomic mass is 19.1. The molecule has 29 heavy (non-hydrogen) atoms. The van der Waals surface area contributed by atoms with Gasteiger partial charge in [0, 0.05) is 11.6 Å². The second-order valence-corrected chi connectivity index (χ2v) is 5.86. The third kappa shape index (κ3) is 5.68. The van der Waals surface area contributed by atoms with Gasteiger partial charge in [0.1, 0.15) is 23.1 Å². The van der Waals surface area contributed by atoms with Crippen molar-refractivity contribution in [2.75, 3.05) is 14.2 Å². The van der Waals surface area contributed by atoms with E-state index in [1.54, 1.807) is 25.3 Å². The van der Waals surface area contributed by atoms with Crippen molar-refractivity contribution in [1.82, 2.24) is 10.1 Å². The highest BCUT2D eigenvalue weighted by Crippen LogP contribution is 2.25. The number of ether oxygens (including phenoxy) is 4. The number of halogens is 1. The number of carbonyl (C=O) groups excluding carboxylic acids is 1. The van der Waals surface area contributed by atoms with E-state index in [0.717, 1.165) is 0 Å². The Morgan fingerprint density at radius 2 is 1.79 bits per heavy atom. The summed E-state index contributed by atoms with van der Waals surface area (Å²) in [7, 11) is 3.06. The second kappa shape index (κ2) is 9.54. The van der Waals surface area contributed by atoms with E-state index in [-0.39, 0.29) is 37.2 Å². The highest BCUT2D eigenvalue weighted by molar-refractivity contribution is 5.73. The molecule has 1 heterocycles. The monoisotopic (exact) mass is 402 g/mol. The van der Waals surface area contributed by atoms with Crippen LogP contribution in [-0.4, -0.2) is 30.3 Å². The molecule has 1 aromatic heterocycles. The van der Waals surface area contributed by atoms with Crippen molar-refractivity contribution in [3.63, 3.8) is 0 Å². The molecule has 0 saturated heterocycles. The van der Waals surface area contributed by atoms with E-state index in [1.165, 1.54) is 31.4 Å². The first-order valence-electron chi connectivity index (χ1n) is 8.63. The van der Waals surface area contributed by atoms with Crippen molar-refractivity contribution in [3.8, 4) is 17.2 Å². The third-order valence-electron chi connectivity index (χ3n) is 3.88. The molecule has 8 nitrogen and oxygen atoms in total. The molecule has 0 saturated carbocycles. The molecular formula is C20H19FN2O6. The average Bonchev–Trinajstić information content (AvgIpc) is 3.20. The standard InChI is InChI=1S/C20H19FN2O6/c1-25-16-6-3-13(17(10-16)26-2)9-20(24)28-12-19-22-18(23-29-19)11-27-15-7-4-14(21)5-8-15/h3-8,10H,9,11-12H2,1-2H3. The van der Waals surface area contributed by atoms with Gasteiger partial charge in [-0.15, -0.1) is 0 Å². The van der Waals surface area contributed by atoms with E-state index in [2.05, 4.69) is 10.1 Å². The Morgan fingerprint density at radius 3 is 2.52 bits per heavy atom. The number of hydrogen-bond donors (Lipinski definition) is 0. The van der Waals surface area contributed by atoms with Crippen LogP contribution in [0.15, 0.2) is 47.0 Å². The van der Waals surface area contributed by atoms with Gasteiger partial charge < -0.3 is 23.5 Å². The molecular weight excluding hydrogens is 383 g/mol. The fraction of sp³-hybridized carbons (Fsp3) is 0.250. The molecule has 9 heteroatoms. The quantitative estimate of drug-likeness (QED) is 0.504. The van der Waals surface area contributed by atoms with Gasteiger partial charge in [-0.1, -0.05) is 11.2 Å². The zero-order valence-corrected chi connectivity index (χ0v) is 15.9. The predicted molar refractivity (Wildman–Crippen MR) is 98.1 cm³/mol. The van der Waals surface area contributed by atoms with E-state index in [4.69, 9.17) is 23.5 Å². The van der Waals surface area contributed by atoms with E-state index in [9.17, 15) is 9.18 Å². The van der Waals surface area contributed by atoms with Gasteiger partial charge in [-0.25, -0.2) is 4.39 Å². The number of esters is 1. The Hall–Kier alpha value is -3.62. The minimum atomic E-state index is -0.476. The fourth-order valence-corrected chi connectivity index (χ4v) is 2.43. The van der Waals surface area contributed by atoms with Crippen LogP contribution in [0.1, 0.15) is 17.3 Å². The van der Waals surface area contributed by atoms with Crippen LogP contribution in [0.3, 0.4) is 0 Å². The first-order valence-corrected chi connectivity index (χ1v) is 8.63. The van der Waals surface area contributed by atoms with Gasteiger partial charge in [0.15, 0.2) is 13.2 Å².